The molecule has 106 valence electrons. The van der Waals surface area contributed by atoms with Crippen LogP contribution in [-0.4, -0.2) is 23.0 Å². The van der Waals surface area contributed by atoms with Crippen LogP contribution in [0.1, 0.15) is 12.0 Å². The molecule has 0 spiro atoms. The van der Waals surface area contributed by atoms with E-state index in [1.807, 2.05) is 0 Å². The minimum Gasteiger partial charge on any atom is -0.481 e. The number of carbonyl (C=O) groups is 1. The fraction of sp³-hybridized carbons (Fsp3) is 0.154. The van der Waals surface area contributed by atoms with Gasteiger partial charge in [-0.25, -0.2) is 0 Å². The van der Waals surface area contributed by atoms with Crippen LogP contribution in [0, 0.1) is 10.1 Å². The fourth-order valence-corrected chi connectivity index (χ4v) is 1.39. The summed E-state index contributed by atoms with van der Waals surface area (Å²) in [6.45, 7) is 0. The molecular formula is C13H15N3O4. The maximum absolute atomic E-state index is 10.4. The van der Waals surface area contributed by atoms with Gasteiger partial charge in [0.1, 0.15) is 0 Å². The Hall–Kier alpha value is -2.83. The Morgan fingerprint density at radius 3 is 2.55 bits per heavy atom. The maximum Gasteiger partial charge on any atom is 0.307 e. The van der Waals surface area contributed by atoms with Crippen molar-refractivity contribution in [2.75, 3.05) is 12.4 Å². The number of anilines is 1. The van der Waals surface area contributed by atoms with Gasteiger partial charge in [-0.05, 0) is 17.7 Å². The lowest BCUT2D eigenvalue weighted by atomic mass is 10.2. The lowest BCUT2D eigenvalue weighted by Crippen LogP contribution is -2.16. The molecule has 7 nitrogen and oxygen atoms in total. The fourth-order valence-electron chi connectivity index (χ4n) is 1.39. The van der Waals surface area contributed by atoms with E-state index < -0.39 is 10.9 Å². The molecule has 0 heterocycles. The zero-order chi connectivity index (χ0) is 15.0. The van der Waals surface area contributed by atoms with Crippen molar-refractivity contribution in [2.45, 2.75) is 6.42 Å². The summed E-state index contributed by atoms with van der Waals surface area (Å²) in [7, 11) is 1.57. The average molecular weight is 277 g/mol. The van der Waals surface area contributed by atoms with Crippen LogP contribution in [0.5, 0.6) is 0 Å². The van der Waals surface area contributed by atoms with E-state index in [4.69, 9.17) is 5.11 Å². The van der Waals surface area contributed by atoms with Gasteiger partial charge in [-0.2, -0.15) is 0 Å². The molecule has 7 heteroatoms. The predicted molar refractivity (Wildman–Crippen MR) is 75.5 cm³/mol. The first-order valence-corrected chi connectivity index (χ1v) is 5.79. The molecule has 0 bridgehead atoms. The third-order valence-corrected chi connectivity index (χ3v) is 2.30. The van der Waals surface area contributed by atoms with Crippen molar-refractivity contribution in [3.05, 3.63) is 58.0 Å². The highest BCUT2D eigenvalue weighted by atomic mass is 16.6. The summed E-state index contributed by atoms with van der Waals surface area (Å²) < 4.78 is 0. The number of aliphatic carboxylic acids is 1. The Balaban J connectivity index is 2.69. The summed E-state index contributed by atoms with van der Waals surface area (Å²) in [5.74, 6) is -0.618. The van der Waals surface area contributed by atoms with Crippen LogP contribution < -0.4 is 10.6 Å². The van der Waals surface area contributed by atoms with E-state index in [0.717, 1.165) is 11.8 Å². The van der Waals surface area contributed by atoms with Gasteiger partial charge in [0.05, 0.1) is 11.3 Å². The molecule has 20 heavy (non-hydrogen) atoms. The maximum atomic E-state index is 10.4. The number of nitro groups is 1. The van der Waals surface area contributed by atoms with Gasteiger partial charge in [-0.15, -0.1) is 0 Å². The summed E-state index contributed by atoms with van der Waals surface area (Å²) in [5.41, 5.74) is 1.53. The van der Waals surface area contributed by atoms with Crippen LogP contribution in [0.4, 0.5) is 5.69 Å². The molecule has 3 N–H and O–H groups in total. The number of carboxylic acids is 1. The second-order valence-electron chi connectivity index (χ2n) is 3.83. The average Bonchev–Trinajstić information content (AvgIpc) is 2.39. The van der Waals surface area contributed by atoms with Crippen LogP contribution in [0.2, 0.25) is 0 Å². The topological polar surface area (TPSA) is 105 Å². The lowest BCUT2D eigenvalue weighted by molar-refractivity contribution is -0.403. The van der Waals surface area contributed by atoms with Gasteiger partial charge in [0, 0.05) is 12.7 Å². The van der Waals surface area contributed by atoms with Gasteiger partial charge in [0.25, 0.3) is 6.20 Å². The van der Waals surface area contributed by atoms with Crippen LogP contribution in [0.3, 0.4) is 0 Å². The minimum absolute atomic E-state index is 0.0323. The molecule has 1 rings (SSSR count). The molecular weight excluding hydrogens is 262 g/mol. The van der Waals surface area contributed by atoms with E-state index in [2.05, 4.69) is 10.6 Å². The van der Waals surface area contributed by atoms with Crippen LogP contribution in [0.25, 0.3) is 6.08 Å². The Kier molecular flexibility index (Phi) is 5.76. The van der Waals surface area contributed by atoms with Gasteiger partial charge >= 0.3 is 5.97 Å². The molecule has 0 amide bonds. The third-order valence-electron chi connectivity index (χ3n) is 2.30. The molecule has 0 aliphatic heterocycles. The number of hydrogen-bond acceptors (Lipinski definition) is 5. The molecule has 1 aromatic rings. The number of rotatable bonds is 7. The van der Waals surface area contributed by atoms with Crippen molar-refractivity contribution in [3.8, 4) is 0 Å². The number of nitrogens with zero attached hydrogens (tertiary/aromatic N) is 1. The Morgan fingerprint density at radius 1 is 1.40 bits per heavy atom. The van der Waals surface area contributed by atoms with E-state index in [0.29, 0.717) is 5.69 Å². The quantitative estimate of drug-likeness (QED) is 0.519. The van der Waals surface area contributed by atoms with Gasteiger partial charge in [-0.1, -0.05) is 24.3 Å². The van der Waals surface area contributed by atoms with Gasteiger partial charge in [0.2, 0.25) is 0 Å². The zero-order valence-electron chi connectivity index (χ0n) is 10.9. The first-order valence-electron chi connectivity index (χ1n) is 5.79. The lowest BCUT2D eigenvalue weighted by Gasteiger charge is -2.07. The number of nitrogens with one attached hydrogen (secondary N) is 2. The van der Waals surface area contributed by atoms with E-state index in [-0.39, 0.29) is 12.2 Å². The molecule has 0 fully saturated rings. The summed E-state index contributed by atoms with van der Waals surface area (Å²) in [5, 5.41) is 24.4. The van der Waals surface area contributed by atoms with E-state index >= 15 is 0 Å². The normalized spacial score (nSPS) is 11.3. The van der Waals surface area contributed by atoms with E-state index in [1.54, 1.807) is 43.5 Å². The first kappa shape index (κ1) is 15.2. The molecule has 0 radical (unpaired) electrons. The minimum atomic E-state index is -0.886. The molecule has 0 aromatic heterocycles. The molecule has 0 unspecified atom stereocenters. The highest BCUT2D eigenvalue weighted by molar-refractivity contribution is 5.70. The van der Waals surface area contributed by atoms with Crippen LogP contribution in [0.15, 0.2) is 42.4 Å². The van der Waals surface area contributed by atoms with Gasteiger partial charge < -0.3 is 15.7 Å². The summed E-state index contributed by atoms with van der Waals surface area (Å²) in [4.78, 5) is 20.2. The van der Waals surface area contributed by atoms with E-state index in [9.17, 15) is 14.9 Å². The largest absolute Gasteiger partial charge is 0.481 e. The van der Waals surface area contributed by atoms with Crippen molar-refractivity contribution >= 4 is 17.7 Å². The summed E-state index contributed by atoms with van der Waals surface area (Å²) >= 11 is 0. The standard InChI is InChI=1S/C13H15N3O4/c1-14-12(9-16(19)20)15-11-7-5-10(6-8-11)3-2-4-13(17)18/h2-3,5-9,14-15H,4H2,1H3,(H,17,18)/b3-2+,12-9+. The highest BCUT2D eigenvalue weighted by Gasteiger charge is 2.00. The number of hydrogen-bond donors (Lipinski definition) is 3. The smallest absolute Gasteiger partial charge is 0.307 e. The molecule has 0 aliphatic rings. The second kappa shape index (κ2) is 7.57. The predicted octanol–water partition coefficient (Wildman–Crippen LogP) is 1.88. The highest BCUT2D eigenvalue weighted by Crippen LogP contribution is 2.12. The monoisotopic (exact) mass is 277 g/mol. The van der Waals surface area contributed by atoms with Crippen molar-refractivity contribution < 1.29 is 14.8 Å². The molecule has 0 aliphatic carbocycles. The molecule has 1 aromatic carbocycles. The van der Waals surface area contributed by atoms with Crippen molar-refractivity contribution in [1.29, 1.82) is 0 Å². The number of carboxylic acid groups (broad SMARTS) is 1. The summed E-state index contributed by atoms with van der Waals surface area (Å²) in [6, 6.07) is 7.04. The Bertz CT molecular complexity index is 535. The molecule has 0 saturated carbocycles. The second-order valence-corrected chi connectivity index (χ2v) is 3.83. The van der Waals surface area contributed by atoms with Gasteiger partial charge in [0.15, 0.2) is 5.82 Å². The summed E-state index contributed by atoms with van der Waals surface area (Å²) in [6.07, 6.45) is 4.05. The van der Waals surface area contributed by atoms with E-state index in [1.165, 1.54) is 0 Å². The Labute approximate surface area is 115 Å². The Morgan fingerprint density at radius 2 is 2.05 bits per heavy atom. The third kappa shape index (κ3) is 5.67. The number of benzene rings is 1. The SMILES string of the molecule is CN/C(=C\[N+](=O)[O-])Nc1ccc(/C=C/CC(=O)O)cc1. The van der Waals surface area contributed by atoms with Crippen molar-refractivity contribution in [1.82, 2.24) is 5.32 Å². The molecule has 0 saturated heterocycles. The molecule has 0 atom stereocenters. The van der Waals surface area contributed by atoms with Gasteiger partial charge in [-0.3, -0.25) is 14.9 Å². The first-order chi connectivity index (χ1) is 9.51. The van der Waals surface area contributed by atoms with Crippen molar-refractivity contribution in [2.24, 2.45) is 0 Å². The van der Waals surface area contributed by atoms with Crippen LogP contribution in [-0.2, 0) is 4.79 Å². The van der Waals surface area contributed by atoms with Crippen molar-refractivity contribution in [3.63, 3.8) is 0 Å². The zero-order valence-corrected chi connectivity index (χ0v) is 10.9. The van der Waals surface area contributed by atoms with Crippen LogP contribution >= 0.6 is 0 Å².